The number of anilines is 2. The fourth-order valence-corrected chi connectivity index (χ4v) is 4.70. The molecule has 0 atom stereocenters. The molecule has 1 aliphatic carbocycles. The molecule has 2 aliphatic rings. The summed E-state index contributed by atoms with van der Waals surface area (Å²) in [4.78, 5) is 41.1. The van der Waals surface area contributed by atoms with Gasteiger partial charge in [0.15, 0.2) is 0 Å². The molecule has 1 heterocycles. The number of carbonyl (C=O) groups excluding carboxylic acids is 2. The Labute approximate surface area is 236 Å². The summed E-state index contributed by atoms with van der Waals surface area (Å²) >= 11 is 0. The van der Waals surface area contributed by atoms with Crippen LogP contribution in [0.2, 0.25) is 0 Å². The standard InChI is InChI=1S/C28H36N6O4.C2H6/c1-28(2,3)18-31-22-17-19(9-10-23(22)34(37)38)33-15-13-32(14-16-33)12-6-11-30-25-24(29)26(35)20-7-4-5-8-21(20)27(25)36;1-2/h4-5,7-10,17,30-31H,6,11-16,18,29H2,1-3H3;1-2H3. The number of fused-ring (bicyclic) bond motifs is 1. The van der Waals surface area contributed by atoms with Gasteiger partial charge in [-0.1, -0.05) is 58.9 Å². The highest BCUT2D eigenvalue weighted by Crippen LogP contribution is 2.31. The number of nitro benzene ring substituents is 1. The second kappa shape index (κ2) is 13.4. The van der Waals surface area contributed by atoms with Crippen molar-refractivity contribution >= 4 is 28.6 Å². The van der Waals surface area contributed by atoms with Crippen LogP contribution in [0.5, 0.6) is 0 Å². The van der Waals surface area contributed by atoms with Crippen LogP contribution in [-0.4, -0.2) is 67.2 Å². The molecular weight excluding hydrogens is 508 g/mol. The molecule has 1 aliphatic heterocycles. The van der Waals surface area contributed by atoms with Crippen LogP contribution in [-0.2, 0) is 0 Å². The largest absolute Gasteiger partial charge is 0.394 e. The molecule has 216 valence electrons. The number of allylic oxidation sites excluding steroid dienone is 2. The molecule has 0 radical (unpaired) electrons. The molecule has 0 saturated carbocycles. The van der Waals surface area contributed by atoms with Crippen molar-refractivity contribution in [3.8, 4) is 0 Å². The van der Waals surface area contributed by atoms with Gasteiger partial charge in [0.05, 0.1) is 4.92 Å². The van der Waals surface area contributed by atoms with Gasteiger partial charge in [0, 0.05) is 62.1 Å². The minimum absolute atomic E-state index is 0.00307. The van der Waals surface area contributed by atoms with Crippen LogP contribution in [0.1, 0.15) is 61.8 Å². The number of piperazine rings is 1. The first-order chi connectivity index (χ1) is 19.0. The van der Waals surface area contributed by atoms with E-state index in [1.807, 2.05) is 26.0 Å². The van der Waals surface area contributed by atoms with Gasteiger partial charge < -0.3 is 21.3 Å². The van der Waals surface area contributed by atoms with Crippen LogP contribution in [0.3, 0.4) is 0 Å². The Morgan fingerprint density at radius 1 is 0.950 bits per heavy atom. The van der Waals surface area contributed by atoms with Gasteiger partial charge in [-0.2, -0.15) is 0 Å². The maximum Gasteiger partial charge on any atom is 0.292 e. The van der Waals surface area contributed by atoms with Crippen LogP contribution < -0.4 is 21.3 Å². The van der Waals surface area contributed by atoms with E-state index in [0.29, 0.717) is 29.9 Å². The summed E-state index contributed by atoms with van der Waals surface area (Å²) in [6, 6.07) is 12.0. The summed E-state index contributed by atoms with van der Waals surface area (Å²) in [6.45, 7) is 15.6. The molecule has 4 rings (SSSR count). The minimum atomic E-state index is -0.347. The van der Waals surface area contributed by atoms with Crippen LogP contribution in [0.4, 0.5) is 17.1 Å². The lowest BCUT2D eigenvalue weighted by Crippen LogP contribution is -2.47. The van der Waals surface area contributed by atoms with Gasteiger partial charge in [0.2, 0.25) is 11.6 Å². The highest BCUT2D eigenvalue weighted by atomic mass is 16.6. The van der Waals surface area contributed by atoms with Gasteiger partial charge in [0.25, 0.3) is 5.69 Å². The van der Waals surface area contributed by atoms with Gasteiger partial charge in [0.1, 0.15) is 17.1 Å². The molecule has 1 fully saturated rings. The van der Waals surface area contributed by atoms with E-state index in [1.165, 1.54) is 0 Å². The van der Waals surface area contributed by atoms with Crippen LogP contribution in [0.25, 0.3) is 0 Å². The fraction of sp³-hybridized carbons (Fsp3) is 0.467. The summed E-state index contributed by atoms with van der Waals surface area (Å²) in [6.07, 6.45) is 0.790. The first-order valence-electron chi connectivity index (χ1n) is 14.0. The Hall–Kier alpha value is -3.92. The first-order valence-corrected chi connectivity index (χ1v) is 14.0. The molecule has 0 spiro atoms. The lowest BCUT2D eigenvalue weighted by Gasteiger charge is -2.36. The van der Waals surface area contributed by atoms with Crippen LogP contribution in [0.15, 0.2) is 53.9 Å². The Morgan fingerprint density at radius 2 is 1.57 bits per heavy atom. The van der Waals surface area contributed by atoms with E-state index in [9.17, 15) is 19.7 Å². The zero-order valence-corrected chi connectivity index (χ0v) is 24.3. The van der Waals surface area contributed by atoms with Crippen molar-refractivity contribution in [1.82, 2.24) is 10.2 Å². The van der Waals surface area contributed by atoms with Crippen LogP contribution in [0, 0.1) is 15.5 Å². The molecule has 2 aromatic rings. The number of benzene rings is 2. The zero-order chi connectivity index (χ0) is 29.4. The van der Waals surface area contributed by atoms with E-state index >= 15 is 0 Å². The molecule has 0 aromatic heterocycles. The van der Waals surface area contributed by atoms with Crippen LogP contribution >= 0.6 is 0 Å². The van der Waals surface area contributed by atoms with E-state index in [-0.39, 0.29) is 39.0 Å². The van der Waals surface area contributed by atoms with E-state index in [0.717, 1.165) is 44.8 Å². The average molecular weight is 551 g/mol. The van der Waals surface area contributed by atoms with Crippen molar-refractivity contribution in [3.05, 3.63) is 75.1 Å². The Bertz CT molecular complexity index is 1260. The molecule has 0 bridgehead atoms. The van der Waals surface area contributed by atoms with E-state index in [4.69, 9.17) is 5.73 Å². The summed E-state index contributed by atoms with van der Waals surface area (Å²) in [5.74, 6) is -0.562. The number of hydrogen-bond acceptors (Lipinski definition) is 9. The highest BCUT2D eigenvalue weighted by Gasteiger charge is 2.30. The molecule has 40 heavy (non-hydrogen) atoms. The molecule has 10 heteroatoms. The summed E-state index contributed by atoms with van der Waals surface area (Å²) in [5, 5.41) is 17.9. The predicted octanol–water partition coefficient (Wildman–Crippen LogP) is 4.43. The number of nitrogens with zero attached hydrogens (tertiary/aromatic N) is 3. The molecule has 2 aromatic carbocycles. The average Bonchev–Trinajstić information content (AvgIpc) is 2.95. The monoisotopic (exact) mass is 550 g/mol. The third-order valence-electron chi connectivity index (χ3n) is 6.83. The van der Waals surface area contributed by atoms with Crippen molar-refractivity contribution in [2.45, 2.75) is 41.0 Å². The molecule has 0 amide bonds. The second-order valence-electron chi connectivity index (χ2n) is 11.0. The lowest BCUT2D eigenvalue weighted by atomic mass is 9.90. The third-order valence-corrected chi connectivity index (χ3v) is 6.83. The van der Waals surface area contributed by atoms with Gasteiger partial charge in [-0.25, -0.2) is 0 Å². The molecule has 1 saturated heterocycles. The second-order valence-corrected chi connectivity index (χ2v) is 11.0. The number of carbonyl (C=O) groups is 2. The predicted molar refractivity (Wildman–Crippen MR) is 160 cm³/mol. The number of ketones is 2. The number of Topliss-reactive ketones (excluding diaryl/α,β-unsaturated/α-hetero) is 2. The first kappa shape index (κ1) is 30.6. The van der Waals surface area contributed by atoms with Crippen molar-refractivity contribution in [2.75, 3.05) is 56.0 Å². The van der Waals surface area contributed by atoms with Crippen molar-refractivity contribution in [2.24, 2.45) is 11.1 Å². The SMILES string of the molecule is CC.CC(C)(C)CNc1cc(N2CCN(CCCNC3=C(N)C(=O)c4ccccc4C3=O)CC2)ccc1[N+](=O)[O-]. The smallest absolute Gasteiger partial charge is 0.292 e. The number of rotatable bonds is 9. The van der Waals surface area contributed by atoms with E-state index < -0.39 is 0 Å². The van der Waals surface area contributed by atoms with Gasteiger partial charge in [-0.15, -0.1) is 0 Å². The van der Waals surface area contributed by atoms with Crippen molar-refractivity contribution in [3.63, 3.8) is 0 Å². The number of nitrogens with one attached hydrogen (secondary N) is 2. The Balaban J connectivity index is 0.00000216. The maximum absolute atomic E-state index is 12.8. The summed E-state index contributed by atoms with van der Waals surface area (Å²) in [7, 11) is 0. The van der Waals surface area contributed by atoms with E-state index in [1.54, 1.807) is 30.3 Å². The lowest BCUT2D eigenvalue weighted by molar-refractivity contribution is -0.384. The quantitative estimate of drug-likeness (QED) is 0.235. The third kappa shape index (κ3) is 7.38. The summed E-state index contributed by atoms with van der Waals surface area (Å²) < 4.78 is 0. The van der Waals surface area contributed by atoms with Gasteiger partial charge in [-0.05, 0) is 30.5 Å². The Kier molecular flexibility index (Phi) is 10.3. The normalized spacial score (nSPS) is 15.8. The maximum atomic E-state index is 12.8. The molecule has 4 N–H and O–H groups in total. The van der Waals surface area contributed by atoms with Gasteiger partial charge >= 0.3 is 0 Å². The minimum Gasteiger partial charge on any atom is -0.394 e. The van der Waals surface area contributed by atoms with E-state index in [2.05, 4.69) is 41.2 Å². The van der Waals surface area contributed by atoms with Crippen molar-refractivity contribution in [1.29, 1.82) is 0 Å². The van der Waals surface area contributed by atoms with Gasteiger partial charge in [-0.3, -0.25) is 24.6 Å². The number of nitrogens with two attached hydrogens (primary N) is 1. The molecule has 0 unspecified atom stereocenters. The number of nitro groups is 1. The van der Waals surface area contributed by atoms with Crippen molar-refractivity contribution < 1.29 is 14.5 Å². The Morgan fingerprint density at radius 3 is 2.17 bits per heavy atom. The molecule has 10 nitrogen and oxygen atoms in total. The zero-order valence-electron chi connectivity index (χ0n) is 24.3. The molecular formula is C30H42N6O4. The number of hydrogen-bond donors (Lipinski definition) is 3. The fourth-order valence-electron chi connectivity index (χ4n) is 4.70. The topological polar surface area (TPSA) is 134 Å². The highest BCUT2D eigenvalue weighted by molar-refractivity contribution is 6.26. The summed E-state index contributed by atoms with van der Waals surface area (Å²) in [5.41, 5.74) is 8.48.